The van der Waals surface area contributed by atoms with Gasteiger partial charge < -0.3 is 15.7 Å². The van der Waals surface area contributed by atoms with Crippen LogP contribution >= 0.6 is 0 Å². The maximum absolute atomic E-state index is 13.6. The van der Waals surface area contributed by atoms with E-state index in [1.165, 1.54) is 0 Å². The Balaban J connectivity index is 1.70. The van der Waals surface area contributed by atoms with Gasteiger partial charge in [0.2, 0.25) is 0 Å². The van der Waals surface area contributed by atoms with Gasteiger partial charge >= 0.3 is 12.0 Å². The van der Waals surface area contributed by atoms with Crippen molar-refractivity contribution in [3.63, 3.8) is 0 Å². The number of rotatable bonds is 4. The van der Waals surface area contributed by atoms with Gasteiger partial charge in [0.1, 0.15) is 0 Å². The van der Waals surface area contributed by atoms with Gasteiger partial charge in [-0.25, -0.2) is 18.0 Å². The molecule has 0 aromatic heterocycles. The molecule has 2 amide bonds. The fraction of sp³-hybridized carbons (Fsp3) is 0.300. The van der Waals surface area contributed by atoms with Crippen LogP contribution < -0.4 is 10.6 Å². The molecule has 148 valence electrons. The number of anilines is 1. The van der Waals surface area contributed by atoms with Gasteiger partial charge in [0, 0.05) is 11.6 Å². The molecule has 3 rings (SSSR count). The Morgan fingerprint density at radius 1 is 0.964 bits per heavy atom. The monoisotopic (exact) mass is 392 g/mol. The Morgan fingerprint density at radius 3 is 2.18 bits per heavy atom. The first-order valence-electron chi connectivity index (χ1n) is 8.89. The number of nitrogens with one attached hydrogen (secondary N) is 2. The fourth-order valence-corrected chi connectivity index (χ4v) is 3.38. The maximum Gasteiger partial charge on any atom is 0.319 e. The topological polar surface area (TPSA) is 78.4 Å². The zero-order chi connectivity index (χ0) is 20.3. The Bertz CT molecular complexity index is 873. The molecule has 0 spiro atoms. The largest absolute Gasteiger partial charge is 0.481 e. The van der Waals surface area contributed by atoms with E-state index in [1.54, 1.807) is 24.3 Å². The van der Waals surface area contributed by atoms with Crippen molar-refractivity contribution in [2.24, 2.45) is 5.92 Å². The lowest BCUT2D eigenvalue weighted by molar-refractivity contribution is -0.142. The van der Waals surface area contributed by atoms with Crippen LogP contribution in [0.1, 0.15) is 25.7 Å². The number of hydrogen-bond donors (Lipinski definition) is 3. The Hall–Kier alpha value is -3.03. The summed E-state index contributed by atoms with van der Waals surface area (Å²) >= 11 is 0. The van der Waals surface area contributed by atoms with Crippen LogP contribution in [0.15, 0.2) is 36.4 Å². The van der Waals surface area contributed by atoms with Crippen molar-refractivity contribution in [1.82, 2.24) is 5.32 Å². The lowest BCUT2D eigenvalue weighted by Gasteiger charge is -2.27. The molecule has 1 fully saturated rings. The van der Waals surface area contributed by atoms with Crippen LogP contribution in [0.5, 0.6) is 0 Å². The number of carboxylic acids is 1. The van der Waals surface area contributed by atoms with E-state index in [4.69, 9.17) is 5.11 Å². The molecule has 0 radical (unpaired) electrons. The highest BCUT2D eigenvalue weighted by atomic mass is 19.2. The van der Waals surface area contributed by atoms with E-state index in [0.717, 1.165) is 12.1 Å². The van der Waals surface area contributed by atoms with Crippen molar-refractivity contribution in [2.75, 3.05) is 5.32 Å². The Morgan fingerprint density at radius 2 is 1.57 bits per heavy atom. The van der Waals surface area contributed by atoms with Crippen LogP contribution in [0.3, 0.4) is 0 Å². The van der Waals surface area contributed by atoms with E-state index in [1.807, 2.05) is 0 Å². The number of carboxylic acid groups (broad SMARTS) is 1. The van der Waals surface area contributed by atoms with E-state index in [2.05, 4.69) is 10.6 Å². The second kappa shape index (κ2) is 8.33. The molecule has 0 atom stereocenters. The summed E-state index contributed by atoms with van der Waals surface area (Å²) in [4.78, 5) is 23.3. The predicted molar refractivity (Wildman–Crippen MR) is 97.3 cm³/mol. The van der Waals surface area contributed by atoms with Gasteiger partial charge in [0.05, 0.1) is 11.6 Å². The molecule has 3 N–H and O–H groups in total. The summed E-state index contributed by atoms with van der Waals surface area (Å²) in [6.07, 6.45) is 2.09. The number of halogens is 3. The van der Waals surface area contributed by atoms with Crippen LogP contribution in [0.2, 0.25) is 0 Å². The minimum atomic E-state index is -1.55. The number of aliphatic carboxylic acids is 1. The van der Waals surface area contributed by atoms with Crippen molar-refractivity contribution in [3.8, 4) is 11.1 Å². The molecular weight excluding hydrogens is 373 g/mol. The average Bonchev–Trinajstić information content (AvgIpc) is 2.66. The molecule has 1 aliphatic rings. The fourth-order valence-electron chi connectivity index (χ4n) is 3.38. The van der Waals surface area contributed by atoms with Crippen molar-refractivity contribution in [2.45, 2.75) is 31.7 Å². The molecule has 8 heteroatoms. The molecule has 2 aromatic rings. The third-order valence-electron chi connectivity index (χ3n) is 4.88. The zero-order valence-corrected chi connectivity index (χ0v) is 14.8. The molecule has 0 saturated heterocycles. The molecule has 0 aliphatic heterocycles. The van der Waals surface area contributed by atoms with Crippen LogP contribution in [0.4, 0.5) is 23.7 Å². The molecule has 0 heterocycles. The molecule has 5 nitrogen and oxygen atoms in total. The third-order valence-corrected chi connectivity index (χ3v) is 4.88. The van der Waals surface area contributed by atoms with E-state index in [-0.39, 0.29) is 17.5 Å². The van der Waals surface area contributed by atoms with Gasteiger partial charge in [-0.05, 0) is 49.4 Å². The summed E-state index contributed by atoms with van der Waals surface area (Å²) in [5.41, 5.74) is 0.740. The van der Waals surface area contributed by atoms with Gasteiger partial charge in [-0.2, -0.15) is 0 Å². The van der Waals surface area contributed by atoms with Gasteiger partial charge in [-0.1, -0.05) is 18.2 Å². The van der Waals surface area contributed by atoms with E-state index >= 15 is 0 Å². The molecule has 0 unspecified atom stereocenters. The number of hydrogen-bond acceptors (Lipinski definition) is 2. The van der Waals surface area contributed by atoms with E-state index < -0.39 is 29.5 Å². The zero-order valence-electron chi connectivity index (χ0n) is 14.8. The molecule has 28 heavy (non-hydrogen) atoms. The summed E-state index contributed by atoms with van der Waals surface area (Å²) in [5.74, 6) is -5.39. The average molecular weight is 392 g/mol. The summed E-state index contributed by atoms with van der Waals surface area (Å²) in [6.45, 7) is 0. The lowest BCUT2D eigenvalue weighted by Crippen LogP contribution is -2.41. The summed E-state index contributed by atoms with van der Waals surface area (Å²) in [7, 11) is 0. The highest BCUT2D eigenvalue weighted by Gasteiger charge is 2.26. The van der Waals surface area contributed by atoms with Gasteiger partial charge in [-0.15, -0.1) is 0 Å². The SMILES string of the molecule is O=C(Nc1ccccc1-c1cc(F)c(F)c(F)c1)NC1CCC(C(=O)O)CC1. The molecule has 0 bridgehead atoms. The van der Waals surface area contributed by atoms with Crippen LogP contribution in [-0.4, -0.2) is 23.1 Å². The van der Waals surface area contributed by atoms with Gasteiger partial charge in [-0.3, -0.25) is 4.79 Å². The van der Waals surface area contributed by atoms with Crippen molar-refractivity contribution < 1.29 is 27.9 Å². The van der Waals surface area contributed by atoms with Crippen molar-refractivity contribution in [1.29, 1.82) is 0 Å². The third kappa shape index (κ3) is 4.44. The minimum absolute atomic E-state index is 0.0919. The molecule has 1 aliphatic carbocycles. The van der Waals surface area contributed by atoms with Crippen LogP contribution in [0, 0.1) is 23.4 Å². The Labute approximate surface area is 159 Å². The second-order valence-corrected chi connectivity index (χ2v) is 6.78. The van der Waals surface area contributed by atoms with Gasteiger partial charge in [0.25, 0.3) is 0 Å². The number of amides is 2. The number of carbonyl (C=O) groups excluding carboxylic acids is 1. The quantitative estimate of drug-likeness (QED) is 0.669. The van der Waals surface area contributed by atoms with Crippen molar-refractivity contribution in [3.05, 3.63) is 53.8 Å². The second-order valence-electron chi connectivity index (χ2n) is 6.78. The first-order chi connectivity index (χ1) is 13.3. The van der Waals surface area contributed by atoms with Crippen LogP contribution in [0.25, 0.3) is 11.1 Å². The van der Waals surface area contributed by atoms with Gasteiger partial charge in [0.15, 0.2) is 17.5 Å². The molecule has 1 saturated carbocycles. The first kappa shape index (κ1) is 19.7. The minimum Gasteiger partial charge on any atom is -0.481 e. The summed E-state index contributed by atoms with van der Waals surface area (Å²) in [5, 5.41) is 14.4. The van der Waals surface area contributed by atoms with E-state index in [9.17, 15) is 22.8 Å². The summed E-state index contributed by atoms with van der Waals surface area (Å²) < 4.78 is 40.3. The lowest BCUT2D eigenvalue weighted by atomic mass is 9.86. The van der Waals surface area contributed by atoms with E-state index in [0.29, 0.717) is 36.9 Å². The maximum atomic E-state index is 13.6. The van der Waals surface area contributed by atoms with Crippen molar-refractivity contribution >= 4 is 17.7 Å². The standard InChI is InChI=1S/C20H19F3N2O3/c21-15-9-12(10-16(22)18(15)23)14-3-1-2-4-17(14)25-20(28)24-13-7-5-11(6-8-13)19(26)27/h1-4,9-11,13H,5-8H2,(H,26,27)(H2,24,25,28). The molecular formula is C20H19F3N2O3. The molecule has 2 aromatic carbocycles. The summed E-state index contributed by atoms with van der Waals surface area (Å²) in [6, 6.07) is 7.47. The predicted octanol–water partition coefficient (Wildman–Crippen LogP) is 4.54. The number of carbonyl (C=O) groups is 2. The number of benzene rings is 2. The number of para-hydroxylation sites is 1. The highest BCUT2D eigenvalue weighted by Crippen LogP contribution is 2.30. The normalized spacial score (nSPS) is 19.1. The Kier molecular flexibility index (Phi) is 5.87. The first-order valence-corrected chi connectivity index (χ1v) is 8.89. The van der Waals surface area contributed by atoms with Crippen LogP contribution in [-0.2, 0) is 4.79 Å². The highest BCUT2D eigenvalue weighted by molar-refractivity contribution is 5.94. The smallest absolute Gasteiger partial charge is 0.319 e. The number of urea groups is 1.